The molecule has 27 heavy (non-hydrogen) atoms. The SMILES string of the molecule is COc1ccc(NC(=O)CCSc2nnc(Nc3cccc(C)c3)s2)cc1. The van der Waals surface area contributed by atoms with Crippen LogP contribution in [0.2, 0.25) is 0 Å². The fraction of sp³-hybridized carbons (Fsp3) is 0.211. The predicted octanol–water partition coefficient (Wildman–Crippen LogP) is 4.72. The molecule has 0 aliphatic heterocycles. The first-order valence-electron chi connectivity index (χ1n) is 8.36. The van der Waals surface area contributed by atoms with Gasteiger partial charge in [-0.2, -0.15) is 0 Å². The summed E-state index contributed by atoms with van der Waals surface area (Å²) in [5.74, 6) is 1.37. The molecule has 6 nitrogen and oxygen atoms in total. The number of aromatic nitrogens is 2. The lowest BCUT2D eigenvalue weighted by molar-refractivity contribution is -0.115. The number of carbonyl (C=O) groups excluding carboxylic acids is 1. The number of benzene rings is 2. The van der Waals surface area contributed by atoms with Gasteiger partial charge in [-0.15, -0.1) is 10.2 Å². The largest absolute Gasteiger partial charge is 0.497 e. The van der Waals surface area contributed by atoms with Crippen molar-refractivity contribution in [2.24, 2.45) is 0 Å². The zero-order chi connectivity index (χ0) is 19.1. The minimum atomic E-state index is -0.0321. The maximum absolute atomic E-state index is 12.0. The van der Waals surface area contributed by atoms with Crippen molar-refractivity contribution >= 4 is 45.5 Å². The van der Waals surface area contributed by atoms with E-state index in [1.165, 1.54) is 28.7 Å². The molecule has 8 heteroatoms. The van der Waals surface area contributed by atoms with E-state index in [-0.39, 0.29) is 5.91 Å². The monoisotopic (exact) mass is 400 g/mol. The number of rotatable bonds is 8. The number of anilines is 3. The van der Waals surface area contributed by atoms with Crippen LogP contribution in [-0.4, -0.2) is 29.0 Å². The van der Waals surface area contributed by atoms with Crippen LogP contribution < -0.4 is 15.4 Å². The Hall–Kier alpha value is -2.58. The van der Waals surface area contributed by atoms with Gasteiger partial charge in [-0.1, -0.05) is 35.2 Å². The fourth-order valence-electron chi connectivity index (χ4n) is 2.29. The molecule has 1 amide bonds. The number of hydrogen-bond donors (Lipinski definition) is 2. The maximum atomic E-state index is 12.0. The van der Waals surface area contributed by atoms with E-state index in [1.807, 2.05) is 49.4 Å². The Labute approximate surface area is 166 Å². The number of methoxy groups -OCH3 is 1. The van der Waals surface area contributed by atoms with Gasteiger partial charge in [-0.25, -0.2) is 0 Å². The van der Waals surface area contributed by atoms with E-state index in [0.717, 1.165) is 26.6 Å². The Morgan fingerprint density at radius 1 is 1.15 bits per heavy atom. The molecule has 0 unspecified atom stereocenters. The second kappa shape index (κ2) is 9.38. The Bertz CT molecular complexity index is 897. The lowest BCUT2D eigenvalue weighted by Gasteiger charge is -2.05. The first-order chi connectivity index (χ1) is 13.1. The first kappa shape index (κ1) is 19.2. The number of carbonyl (C=O) groups is 1. The summed E-state index contributed by atoms with van der Waals surface area (Å²) in [5.41, 5.74) is 2.93. The quantitative estimate of drug-likeness (QED) is 0.533. The zero-order valence-corrected chi connectivity index (χ0v) is 16.7. The molecule has 3 rings (SSSR count). The Balaban J connectivity index is 1.43. The van der Waals surface area contributed by atoms with E-state index in [4.69, 9.17) is 4.74 Å². The molecule has 1 heterocycles. The number of hydrogen-bond acceptors (Lipinski definition) is 7. The third-order valence-electron chi connectivity index (χ3n) is 3.60. The van der Waals surface area contributed by atoms with Gasteiger partial charge in [0.2, 0.25) is 11.0 Å². The number of thioether (sulfide) groups is 1. The molecule has 0 aliphatic rings. The summed E-state index contributed by atoms with van der Waals surface area (Å²) in [6.07, 6.45) is 0.400. The van der Waals surface area contributed by atoms with Crippen molar-refractivity contribution in [1.82, 2.24) is 10.2 Å². The van der Waals surface area contributed by atoms with Crippen molar-refractivity contribution in [2.45, 2.75) is 17.7 Å². The maximum Gasteiger partial charge on any atom is 0.225 e. The molecule has 0 fully saturated rings. The molecule has 2 N–H and O–H groups in total. The van der Waals surface area contributed by atoms with Crippen LogP contribution >= 0.6 is 23.1 Å². The van der Waals surface area contributed by atoms with Crippen molar-refractivity contribution in [3.8, 4) is 5.75 Å². The fourth-order valence-corrected chi connectivity index (χ4v) is 4.07. The smallest absolute Gasteiger partial charge is 0.225 e. The van der Waals surface area contributed by atoms with Gasteiger partial charge in [0.1, 0.15) is 5.75 Å². The lowest BCUT2D eigenvalue weighted by Crippen LogP contribution is -2.12. The van der Waals surface area contributed by atoms with Crippen molar-refractivity contribution < 1.29 is 9.53 Å². The third kappa shape index (κ3) is 5.97. The molecule has 2 aromatic carbocycles. The van der Waals surface area contributed by atoms with Gasteiger partial charge in [0.25, 0.3) is 0 Å². The van der Waals surface area contributed by atoms with Crippen LogP contribution in [0.25, 0.3) is 0 Å². The molecule has 0 saturated carbocycles. The number of nitrogens with zero attached hydrogens (tertiary/aromatic N) is 2. The molecular weight excluding hydrogens is 380 g/mol. The zero-order valence-electron chi connectivity index (χ0n) is 15.1. The van der Waals surface area contributed by atoms with Crippen LogP contribution in [0.4, 0.5) is 16.5 Å². The van der Waals surface area contributed by atoms with Crippen LogP contribution in [0.15, 0.2) is 52.9 Å². The molecule has 0 saturated heterocycles. The van der Waals surface area contributed by atoms with E-state index in [1.54, 1.807) is 7.11 Å². The second-order valence-electron chi connectivity index (χ2n) is 5.74. The second-order valence-corrected chi connectivity index (χ2v) is 8.06. The lowest BCUT2D eigenvalue weighted by atomic mass is 10.2. The van der Waals surface area contributed by atoms with E-state index < -0.39 is 0 Å². The van der Waals surface area contributed by atoms with Gasteiger partial charge in [-0.05, 0) is 48.9 Å². The summed E-state index contributed by atoms with van der Waals surface area (Å²) in [7, 11) is 1.61. The highest BCUT2D eigenvalue weighted by Gasteiger charge is 2.08. The van der Waals surface area contributed by atoms with Crippen LogP contribution in [0.1, 0.15) is 12.0 Å². The average Bonchev–Trinajstić information content (AvgIpc) is 3.09. The highest BCUT2D eigenvalue weighted by molar-refractivity contribution is 8.01. The van der Waals surface area contributed by atoms with Gasteiger partial charge < -0.3 is 15.4 Å². The number of amides is 1. The van der Waals surface area contributed by atoms with Crippen molar-refractivity contribution in [2.75, 3.05) is 23.5 Å². The summed E-state index contributed by atoms with van der Waals surface area (Å²) in [6, 6.07) is 15.3. The highest BCUT2D eigenvalue weighted by atomic mass is 32.2. The van der Waals surface area contributed by atoms with E-state index in [2.05, 4.69) is 26.9 Å². The van der Waals surface area contributed by atoms with Crippen molar-refractivity contribution in [1.29, 1.82) is 0 Å². The molecule has 0 aliphatic carbocycles. The average molecular weight is 401 g/mol. The molecular formula is C19H20N4O2S2. The number of ether oxygens (including phenoxy) is 1. The summed E-state index contributed by atoms with van der Waals surface area (Å²) in [4.78, 5) is 12.0. The van der Waals surface area contributed by atoms with E-state index >= 15 is 0 Å². The standard InChI is InChI=1S/C19H20N4O2S2/c1-13-4-3-5-15(12-13)21-18-22-23-19(27-18)26-11-10-17(24)20-14-6-8-16(25-2)9-7-14/h3-9,12H,10-11H2,1-2H3,(H,20,24)(H,21,22). The Morgan fingerprint density at radius 3 is 2.70 bits per heavy atom. The minimum absolute atomic E-state index is 0.0321. The Morgan fingerprint density at radius 2 is 1.96 bits per heavy atom. The van der Waals surface area contributed by atoms with Crippen LogP contribution in [0.3, 0.4) is 0 Å². The summed E-state index contributed by atoms with van der Waals surface area (Å²) < 4.78 is 5.94. The van der Waals surface area contributed by atoms with Gasteiger partial charge in [-0.3, -0.25) is 4.79 Å². The van der Waals surface area contributed by atoms with Crippen LogP contribution in [-0.2, 0) is 4.79 Å². The molecule has 0 spiro atoms. The minimum Gasteiger partial charge on any atom is -0.497 e. The molecule has 0 radical (unpaired) electrons. The van der Waals surface area contributed by atoms with Gasteiger partial charge >= 0.3 is 0 Å². The molecule has 0 bridgehead atoms. The van der Waals surface area contributed by atoms with E-state index in [9.17, 15) is 4.79 Å². The van der Waals surface area contributed by atoms with Gasteiger partial charge in [0.05, 0.1) is 7.11 Å². The number of nitrogens with one attached hydrogen (secondary N) is 2. The van der Waals surface area contributed by atoms with Crippen LogP contribution in [0.5, 0.6) is 5.75 Å². The van der Waals surface area contributed by atoms with Crippen molar-refractivity contribution in [3.05, 3.63) is 54.1 Å². The summed E-state index contributed by atoms with van der Waals surface area (Å²) in [6.45, 7) is 2.05. The van der Waals surface area contributed by atoms with Crippen LogP contribution in [0, 0.1) is 6.92 Å². The first-order valence-corrected chi connectivity index (χ1v) is 10.2. The number of aryl methyl sites for hydroxylation is 1. The Kier molecular flexibility index (Phi) is 6.67. The highest BCUT2D eigenvalue weighted by Crippen LogP contribution is 2.28. The third-order valence-corrected chi connectivity index (χ3v) is 5.58. The molecule has 0 atom stereocenters. The van der Waals surface area contributed by atoms with Crippen molar-refractivity contribution in [3.63, 3.8) is 0 Å². The summed E-state index contributed by atoms with van der Waals surface area (Å²) >= 11 is 3.00. The topological polar surface area (TPSA) is 76.1 Å². The molecule has 140 valence electrons. The van der Waals surface area contributed by atoms with E-state index in [0.29, 0.717) is 12.2 Å². The summed E-state index contributed by atoms with van der Waals surface area (Å²) in [5, 5.41) is 15.2. The van der Waals surface area contributed by atoms with Gasteiger partial charge in [0.15, 0.2) is 4.34 Å². The molecule has 1 aromatic heterocycles. The van der Waals surface area contributed by atoms with Gasteiger partial charge in [0, 0.05) is 23.5 Å². The normalized spacial score (nSPS) is 10.4. The predicted molar refractivity (Wildman–Crippen MR) is 111 cm³/mol. The molecule has 3 aromatic rings.